The van der Waals surface area contributed by atoms with Crippen molar-refractivity contribution in [3.8, 4) is 5.75 Å². The van der Waals surface area contributed by atoms with Crippen LogP contribution in [0.2, 0.25) is 0 Å². The molecule has 2 aromatic carbocycles. The molecule has 142 valence electrons. The number of ether oxygens (including phenoxy) is 2. The van der Waals surface area contributed by atoms with Gasteiger partial charge >= 0.3 is 6.09 Å². The van der Waals surface area contributed by atoms with Crippen molar-refractivity contribution < 1.29 is 19.1 Å². The molecule has 1 heterocycles. The predicted molar refractivity (Wildman–Crippen MR) is 103 cm³/mol. The van der Waals surface area contributed by atoms with Gasteiger partial charge in [-0.15, -0.1) is 0 Å². The summed E-state index contributed by atoms with van der Waals surface area (Å²) in [4.78, 5) is 28.5. The number of carbonyl (C=O) groups is 2. The monoisotopic (exact) mass is 368 g/mol. The predicted octanol–water partition coefficient (Wildman–Crippen LogP) is 3.46. The van der Waals surface area contributed by atoms with Gasteiger partial charge in [-0.05, 0) is 42.7 Å². The lowest BCUT2D eigenvalue weighted by Crippen LogP contribution is -2.46. The highest BCUT2D eigenvalue weighted by atomic mass is 16.6. The standard InChI is InChI=1S/C21H24N2O4/c1-22(17-10-12-18(26-2)13-11-17)20(24)19-9-6-14-23(19)21(25)27-15-16-7-4-3-5-8-16/h3-5,7-8,10-13,19H,6,9,14-15H2,1-2H3/t19-/m0/s1. The van der Waals surface area contributed by atoms with Gasteiger partial charge in [0.2, 0.25) is 5.91 Å². The molecule has 0 radical (unpaired) electrons. The van der Waals surface area contributed by atoms with Crippen LogP contribution in [0.3, 0.4) is 0 Å². The third-order valence-electron chi connectivity index (χ3n) is 4.77. The number of likely N-dealkylation sites (tertiary alicyclic amines) is 1. The topological polar surface area (TPSA) is 59.1 Å². The number of rotatable bonds is 5. The minimum atomic E-state index is -0.500. The molecule has 2 aromatic rings. The lowest BCUT2D eigenvalue weighted by Gasteiger charge is -2.27. The number of likely N-dealkylation sites (N-methyl/N-ethyl adjacent to an activating group) is 1. The van der Waals surface area contributed by atoms with Crippen molar-refractivity contribution in [2.24, 2.45) is 0 Å². The van der Waals surface area contributed by atoms with Crippen molar-refractivity contribution >= 4 is 17.7 Å². The first-order valence-corrected chi connectivity index (χ1v) is 8.99. The van der Waals surface area contributed by atoms with Gasteiger partial charge in [0, 0.05) is 19.3 Å². The Kier molecular flexibility index (Phi) is 5.96. The molecule has 2 amide bonds. The molecule has 0 aliphatic carbocycles. The minimum absolute atomic E-state index is 0.116. The molecule has 6 nitrogen and oxygen atoms in total. The van der Waals surface area contributed by atoms with Crippen LogP contribution in [0.25, 0.3) is 0 Å². The van der Waals surface area contributed by atoms with E-state index in [4.69, 9.17) is 9.47 Å². The van der Waals surface area contributed by atoms with Crippen molar-refractivity contribution in [1.29, 1.82) is 0 Å². The number of hydrogen-bond acceptors (Lipinski definition) is 4. The number of hydrogen-bond donors (Lipinski definition) is 0. The normalized spacial score (nSPS) is 16.1. The molecule has 0 unspecified atom stereocenters. The Morgan fingerprint density at radius 3 is 2.48 bits per heavy atom. The lowest BCUT2D eigenvalue weighted by atomic mass is 10.2. The van der Waals surface area contributed by atoms with Gasteiger partial charge in [-0.2, -0.15) is 0 Å². The van der Waals surface area contributed by atoms with Gasteiger partial charge in [-0.1, -0.05) is 30.3 Å². The molecular formula is C21H24N2O4. The van der Waals surface area contributed by atoms with Gasteiger partial charge < -0.3 is 14.4 Å². The van der Waals surface area contributed by atoms with E-state index in [1.54, 1.807) is 31.2 Å². The quantitative estimate of drug-likeness (QED) is 0.811. The maximum Gasteiger partial charge on any atom is 0.410 e. The van der Waals surface area contributed by atoms with Gasteiger partial charge in [-0.25, -0.2) is 4.79 Å². The largest absolute Gasteiger partial charge is 0.497 e. The van der Waals surface area contributed by atoms with E-state index in [9.17, 15) is 9.59 Å². The Balaban J connectivity index is 1.63. The molecule has 0 N–H and O–H groups in total. The second-order valence-electron chi connectivity index (χ2n) is 6.49. The maximum absolute atomic E-state index is 12.9. The first-order valence-electron chi connectivity index (χ1n) is 8.99. The lowest BCUT2D eigenvalue weighted by molar-refractivity contribution is -0.122. The van der Waals surface area contributed by atoms with Crippen LogP contribution in [0, 0.1) is 0 Å². The zero-order valence-electron chi connectivity index (χ0n) is 15.6. The fourth-order valence-corrected chi connectivity index (χ4v) is 3.20. The van der Waals surface area contributed by atoms with Crippen molar-refractivity contribution in [3.05, 3.63) is 60.2 Å². The van der Waals surface area contributed by atoms with Gasteiger partial charge in [-0.3, -0.25) is 9.69 Å². The van der Waals surface area contributed by atoms with Crippen LogP contribution in [0.15, 0.2) is 54.6 Å². The molecule has 6 heteroatoms. The zero-order chi connectivity index (χ0) is 19.2. The Morgan fingerprint density at radius 2 is 1.81 bits per heavy atom. The van der Waals surface area contributed by atoms with Crippen LogP contribution in [0.5, 0.6) is 5.75 Å². The first kappa shape index (κ1) is 18.8. The number of benzene rings is 2. The summed E-state index contributed by atoms with van der Waals surface area (Å²) < 4.78 is 10.6. The van der Waals surface area contributed by atoms with E-state index in [1.807, 2.05) is 42.5 Å². The Labute approximate surface area is 159 Å². The highest BCUT2D eigenvalue weighted by molar-refractivity contribution is 5.98. The maximum atomic E-state index is 12.9. The molecule has 27 heavy (non-hydrogen) atoms. The summed E-state index contributed by atoms with van der Waals surface area (Å²) in [6.45, 7) is 0.728. The molecule has 1 saturated heterocycles. The molecule has 0 spiro atoms. The van der Waals surface area contributed by atoms with Crippen LogP contribution in [0.1, 0.15) is 18.4 Å². The third-order valence-corrected chi connectivity index (χ3v) is 4.77. The average Bonchev–Trinajstić information content (AvgIpc) is 3.21. The number of methoxy groups -OCH3 is 1. The van der Waals surface area contributed by atoms with Crippen LogP contribution in [-0.4, -0.2) is 43.6 Å². The molecule has 3 rings (SSSR count). The number of amides is 2. The van der Waals surface area contributed by atoms with Crippen molar-refractivity contribution in [2.75, 3.05) is 25.6 Å². The fourth-order valence-electron chi connectivity index (χ4n) is 3.20. The SMILES string of the molecule is COc1ccc(N(C)C(=O)[C@@H]2CCCN2C(=O)OCc2ccccc2)cc1. The van der Waals surface area contributed by atoms with Crippen molar-refractivity contribution in [1.82, 2.24) is 4.90 Å². The second kappa shape index (κ2) is 8.58. The van der Waals surface area contributed by atoms with Crippen molar-refractivity contribution in [2.45, 2.75) is 25.5 Å². The first-order chi connectivity index (χ1) is 13.1. The molecule has 1 aliphatic heterocycles. The third kappa shape index (κ3) is 4.39. The van der Waals surface area contributed by atoms with E-state index in [-0.39, 0.29) is 12.5 Å². The van der Waals surface area contributed by atoms with E-state index in [2.05, 4.69) is 0 Å². The molecule has 1 aliphatic rings. The fraction of sp³-hybridized carbons (Fsp3) is 0.333. The van der Waals surface area contributed by atoms with E-state index >= 15 is 0 Å². The summed E-state index contributed by atoms with van der Waals surface area (Å²) in [5, 5.41) is 0. The van der Waals surface area contributed by atoms with Gasteiger partial charge in [0.15, 0.2) is 0 Å². The molecule has 1 atom stereocenters. The summed E-state index contributed by atoms with van der Waals surface area (Å²) in [5.74, 6) is 0.612. The van der Waals surface area contributed by atoms with E-state index in [0.717, 1.165) is 23.4 Å². The summed E-state index contributed by atoms with van der Waals surface area (Å²) in [5.41, 5.74) is 1.67. The van der Waals surface area contributed by atoms with Crippen LogP contribution in [0.4, 0.5) is 10.5 Å². The van der Waals surface area contributed by atoms with E-state index in [0.29, 0.717) is 13.0 Å². The average molecular weight is 368 g/mol. The van der Waals surface area contributed by atoms with E-state index in [1.165, 1.54) is 4.90 Å². The molecule has 1 fully saturated rings. The summed E-state index contributed by atoms with van der Waals surface area (Å²) in [6.07, 6.45) is 0.977. The zero-order valence-corrected chi connectivity index (χ0v) is 15.6. The molecular weight excluding hydrogens is 344 g/mol. The number of nitrogens with zero attached hydrogens (tertiary/aromatic N) is 2. The minimum Gasteiger partial charge on any atom is -0.497 e. The number of anilines is 1. The number of carbonyl (C=O) groups excluding carboxylic acids is 2. The van der Waals surface area contributed by atoms with Crippen LogP contribution in [-0.2, 0) is 16.1 Å². The van der Waals surface area contributed by atoms with Crippen LogP contribution < -0.4 is 9.64 Å². The highest BCUT2D eigenvalue weighted by Crippen LogP contribution is 2.24. The Bertz CT molecular complexity index is 777. The summed E-state index contributed by atoms with van der Waals surface area (Å²) in [7, 11) is 3.32. The highest BCUT2D eigenvalue weighted by Gasteiger charge is 2.37. The molecule has 0 saturated carbocycles. The van der Waals surface area contributed by atoms with Gasteiger partial charge in [0.1, 0.15) is 18.4 Å². The van der Waals surface area contributed by atoms with Gasteiger partial charge in [0.05, 0.1) is 7.11 Å². The van der Waals surface area contributed by atoms with Crippen molar-refractivity contribution in [3.63, 3.8) is 0 Å². The Morgan fingerprint density at radius 1 is 1.11 bits per heavy atom. The molecule has 0 bridgehead atoms. The summed E-state index contributed by atoms with van der Waals surface area (Å²) >= 11 is 0. The Hall–Kier alpha value is -3.02. The second-order valence-corrected chi connectivity index (χ2v) is 6.49. The summed E-state index contributed by atoms with van der Waals surface area (Å²) in [6, 6.07) is 16.3. The van der Waals surface area contributed by atoms with Gasteiger partial charge in [0.25, 0.3) is 0 Å². The molecule has 0 aromatic heterocycles. The van der Waals surface area contributed by atoms with Crippen LogP contribution >= 0.6 is 0 Å². The van der Waals surface area contributed by atoms with E-state index < -0.39 is 12.1 Å². The smallest absolute Gasteiger partial charge is 0.410 e.